The number of amides is 1. The lowest BCUT2D eigenvalue weighted by Crippen LogP contribution is -2.56. The van der Waals surface area contributed by atoms with Crippen LogP contribution in [0.25, 0.3) is 0 Å². The average Bonchev–Trinajstić information content (AvgIpc) is 2.83. The third kappa shape index (κ3) is 2.55. The Bertz CT molecular complexity index is 391. The molecule has 2 rings (SSSR count). The van der Waals surface area contributed by atoms with Gasteiger partial charge in [-0.1, -0.05) is 0 Å². The van der Waals surface area contributed by atoms with Gasteiger partial charge in [-0.05, 0) is 19.1 Å². The van der Waals surface area contributed by atoms with Crippen molar-refractivity contribution in [2.24, 2.45) is 11.5 Å². The molecule has 3 atom stereocenters. The van der Waals surface area contributed by atoms with Crippen molar-refractivity contribution in [2.75, 3.05) is 19.8 Å². The molecule has 100 valence electrons. The average molecular weight is 253 g/mol. The quantitative estimate of drug-likeness (QED) is 0.778. The Kier molecular flexibility index (Phi) is 4.00. The minimum Gasteiger partial charge on any atom is -0.468 e. The van der Waals surface area contributed by atoms with Gasteiger partial charge in [0.2, 0.25) is 5.91 Å². The zero-order valence-corrected chi connectivity index (χ0v) is 10.4. The zero-order chi connectivity index (χ0) is 13.1. The second kappa shape index (κ2) is 5.51. The SMILES string of the molecule is CC(N)C(c1ccco1)N1CCOCC1C(N)=O. The molecule has 4 N–H and O–H groups in total. The van der Waals surface area contributed by atoms with Crippen molar-refractivity contribution in [3.05, 3.63) is 24.2 Å². The first-order valence-corrected chi connectivity index (χ1v) is 6.03. The van der Waals surface area contributed by atoms with E-state index in [9.17, 15) is 4.79 Å². The van der Waals surface area contributed by atoms with Gasteiger partial charge in [-0.2, -0.15) is 0 Å². The van der Waals surface area contributed by atoms with Crippen LogP contribution in [0.1, 0.15) is 18.7 Å². The Balaban J connectivity index is 2.26. The third-order valence-electron chi connectivity index (χ3n) is 3.19. The first kappa shape index (κ1) is 13.1. The Labute approximate surface area is 106 Å². The molecule has 2 heterocycles. The Morgan fingerprint density at radius 2 is 2.39 bits per heavy atom. The van der Waals surface area contributed by atoms with Gasteiger partial charge in [0, 0.05) is 12.6 Å². The molecule has 0 saturated carbocycles. The van der Waals surface area contributed by atoms with Crippen LogP contribution in [0, 0.1) is 0 Å². The zero-order valence-electron chi connectivity index (χ0n) is 10.4. The second-order valence-electron chi connectivity index (χ2n) is 4.55. The maximum absolute atomic E-state index is 11.5. The van der Waals surface area contributed by atoms with Crippen LogP contribution < -0.4 is 11.5 Å². The first-order valence-electron chi connectivity index (χ1n) is 6.03. The maximum Gasteiger partial charge on any atom is 0.237 e. The van der Waals surface area contributed by atoms with Crippen LogP contribution >= 0.6 is 0 Å². The standard InChI is InChI=1S/C12H19N3O3/c1-8(13)11(10-3-2-5-18-10)15-4-6-17-7-9(15)12(14)16/h2-3,5,8-9,11H,4,6-7,13H2,1H3,(H2,14,16). The number of ether oxygens (including phenoxy) is 1. The number of hydrogen-bond acceptors (Lipinski definition) is 5. The molecule has 0 spiro atoms. The predicted molar refractivity (Wildman–Crippen MR) is 65.6 cm³/mol. The minimum atomic E-state index is -0.458. The van der Waals surface area contributed by atoms with Gasteiger partial charge < -0.3 is 20.6 Å². The van der Waals surface area contributed by atoms with Crippen molar-refractivity contribution in [1.82, 2.24) is 4.90 Å². The summed E-state index contributed by atoms with van der Waals surface area (Å²) in [5.74, 6) is 0.352. The van der Waals surface area contributed by atoms with Crippen LogP contribution in [0.5, 0.6) is 0 Å². The van der Waals surface area contributed by atoms with E-state index in [1.54, 1.807) is 6.26 Å². The summed E-state index contributed by atoms with van der Waals surface area (Å²) in [4.78, 5) is 13.5. The van der Waals surface area contributed by atoms with E-state index in [-0.39, 0.29) is 12.1 Å². The van der Waals surface area contributed by atoms with E-state index in [1.165, 1.54) is 0 Å². The number of furan rings is 1. The largest absolute Gasteiger partial charge is 0.468 e. The van der Waals surface area contributed by atoms with Gasteiger partial charge in [-0.3, -0.25) is 9.69 Å². The molecule has 1 aromatic heterocycles. The van der Waals surface area contributed by atoms with Gasteiger partial charge in [-0.25, -0.2) is 0 Å². The molecule has 18 heavy (non-hydrogen) atoms. The molecule has 0 aliphatic carbocycles. The highest BCUT2D eigenvalue weighted by Gasteiger charge is 2.36. The monoisotopic (exact) mass is 253 g/mol. The summed E-state index contributed by atoms with van der Waals surface area (Å²) in [5.41, 5.74) is 11.4. The number of morpholine rings is 1. The van der Waals surface area contributed by atoms with Crippen molar-refractivity contribution in [3.8, 4) is 0 Å². The van der Waals surface area contributed by atoms with E-state index in [4.69, 9.17) is 20.6 Å². The molecule has 1 aliphatic heterocycles. The molecule has 0 bridgehead atoms. The summed E-state index contributed by atoms with van der Waals surface area (Å²) in [6.45, 7) is 3.37. The van der Waals surface area contributed by atoms with Crippen LogP contribution in [0.2, 0.25) is 0 Å². The lowest BCUT2D eigenvalue weighted by Gasteiger charge is -2.40. The molecule has 0 aromatic carbocycles. The van der Waals surface area contributed by atoms with Crippen molar-refractivity contribution in [3.63, 3.8) is 0 Å². The fourth-order valence-corrected chi connectivity index (χ4v) is 2.38. The van der Waals surface area contributed by atoms with Crippen molar-refractivity contribution in [1.29, 1.82) is 0 Å². The van der Waals surface area contributed by atoms with E-state index in [0.29, 0.717) is 19.8 Å². The minimum absolute atomic E-state index is 0.165. The third-order valence-corrected chi connectivity index (χ3v) is 3.19. The second-order valence-corrected chi connectivity index (χ2v) is 4.55. The van der Waals surface area contributed by atoms with Crippen LogP contribution in [0.3, 0.4) is 0 Å². The van der Waals surface area contributed by atoms with E-state index in [0.717, 1.165) is 5.76 Å². The number of hydrogen-bond donors (Lipinski definition) is 2. The van der Waals surface area contributed by atoms with Crippen LogP contribution in [0.15, 0.2) is 22.8 Å². The van der Waals surface area contributed by atoms with Gasteiger partial charge in [0.25, 0.3) is 0 Å². The maximum atomic E-state index is 11.5. The van der Waals surface area contributed by atoms with Crippen molar-refractivity contribution >= 4 is 5.91 Å². The number of primary amides is 1. The highest BCUT2D eigenvalue weighted by molar-refractivity contribution is 5.80. The number of carbonyl (C=O) groups is 1. The van der Waals surface area contributed by atoms with Crippen LogP contribution in [-0.2, 0) is 9.53 Å². The lowest BCUT2D eigenvalue weighted by molar-refractivity contribution is -0.132. The number of rotatable bonds is 4. The molecule has 1 aliphatic rings. The summed E-state index contributed by atoms with van der Waals surface area (Å²) >= 11 is 0. The Morgan fingerprint density at radius 1 is 1.61 bits per heavy atom. The molecule has 1 saturated heterocycles. The number of carbonyl (C=O) groups excluding carboxylic acids is 1. The van der Waals surface area contributed by atoms with Gasteiger partial charge >= 0.3 is 0 Å². The smallest absolute Gasteiger partial charge is 0.237 e. The van der Waals surface area contributed by atoms with Crippen LogP contribution in [-0.4, -0.2) is 42.6 Å². The summed E-state index contributed by atoms with van der Waals surface area (Å²) in [7, 11) is 0. The van der Waals surface area contributed by atoms with E-state index in [2.05, 4.69) is 0 Å². The fourth-order valence-electron chi connectivity index (χ4n) is 2.38. The Hall–Kier alpha value is -1.37. The van der Waals surface area contributed by atoms with E-state index in [1.807, 2.05) is 24.0 Å². The number of nitrogens with two attached hydrogens (primary N) is 2. The summed E-state index contributed by atoms with van der Waals surface area (Å²) < 4.78 is 10.7. The summed E-state index contributed by atoms with van der Waals surface area (Å²) in [6.07, 6.45) is 1.60. The normalized spacial score (nSPS) is 24.7. The first-order chi connectivity index (χ1) is 8.61. The molecule has 0 radical (unpaired) electrons. The molecule has 3 unspecified atom stereocenters. The molecule has 1 aromatic rings. The molecule has 1 amide bonds. The highest BCUT2D eigenvalue weighted by Crippen LogP contribution is 2.27. The molecule has 1 fully saturated rings. The lowest BCUT2D eigenvalue weighted by atomic mass is 10.0. The molecule has 6 heteroatoms. The molecular formula is C12H19N3O3. The Morgan fingerprint density at radius 3 is 2.94 bits per heavy atom. The molecule has 6 nitrogen and oxygen atoms in total. The van der Waals surface area contributed by atoms with Crippen LogP contribution in [0.4, 0.5) is 0 Å². The van der Waals surface area contributed by atoms with Gasteiger partial charge in [0.05, 0.1) is 25.5 Å². The van der Waals surface area contributed by atoms with Crippen molar-refractivity contribution < 1.29 is 13.9 Å². The van der Waals surface area contributed by atoms with E-state index >= 15 is 0 Å². The van der Waals surface area contributed by atoms with Gasteiger partial charge in [0.15, 0.2) is 0 Å². The predicted octanol–water partition coefficient (Wildman–Crippen LogP) is -0.146. The topological polar surface area (TPSA) is 94.7 Å². The summed E-state index contributed by atoms with van der Waals surface area (Å²) in [5, 5.41) is 0. The molecular weight excluding hydrogens is 234 g/mol. The fraction of sp³-hybridized carbons (Fsp3) is 0.583. The van der Waals surface area contributed by atoms with Gasteiger partial charge in [0.1, 0.15) is 11.8 Å². The van der Waals surface area contributed by atoms with E-state index < -0.39 is 11.9 Å². The van der Waals surface area contributed by atoms with Crippen molar-refractivity contribution in [2.45, 2.75) is 25.0 Å². The van der Waals surface area contributed by atoms with Gasteiger partial charge in [-0.15, -0.1) is 0 Å². The highest BCUT2D eigenvalue weighted by atomic mass is 16.5. The number of nitrogens with zero attached hydrogens (tertiary/aromatic N) is 1. The summed E-state index contributed by atoms with van der Waals surface area (Å²) in [6, 6.07) is 2.88.